The second kappa shape index (κ2) is 19.6. The van der Waals surface area contributed by atoms with Crippen LogP contribution in [0.2, 0.25) is 0 Å². The molecular weight excluding hydrogens is 340 g/mol. The minimum absolute atomic E-state index is 0. The van der Waals surface area contributed by atoms with Crippen molar-refractivity contribution in [2.75, 3.05) is 0 Å². The zero-order valence-electron chi connectivity index (χ0n) is 16.0. The number of carboxylic acid groups (broad SMARTS) is 2. The van der Waals surface area contributed by atoms with Crippen molar-refractivity contribution in [3.63, 3.8) is 0 Å². The molecule has 2 N–H and O–H groups in total. The third kappa shape index (κ3) is 21.2. The van der Waals surface area contributed by atoms with E-state index in [4.69, 9.17) is 10.2 Å². The second-order valence-corrected chi connectivity index (χ2v) is 7.03. The molecule has 0 rings (SSSR count). The van der Waals surface area contributed by atoms with E-state index in [0.29, 0.717) is 12.8 Å². The first-order valence-electron chi connectivity index (χ1n) is 9.99. The van der Waals surface area contributed by atoms with Gasteiger partial charge in [-0.05, 0) is 18.8 Å². The highest BCUT2D eigenvalue weighted by Crippen LogP contribution is 2.21. The van der Waals surface area contributed by atoms with Crippen LogP contribution >= 0.6 is 12.4 Å². The Morgan fingerprint density at radius 3 is 1.28 bits per heavy atom. The Morgan fingerprint density at radius 1 is 0.640 bits per heavy atom. The molecule has 0 saturated heterocycles. The summed E-state index contributed by atoms with van der Waals surface area (Å²) in [5.41, 5.74) is 0. The van der Waals surface area contributed by atoms with E-state index in [9.17, 15) is 9.59 Å². The van der Waals surface area contributed by atoms with Gasteiger partial charge in [0.15, 0.2) is 0 Å². The summed E-state index contributed by atoms with van der Waals surface area (Å²) in [7, 11) is 0. The molecule has 0 heterocycles. The number of hydrogen-bond donors (Lipinski definition) is 2. The molecule has 25 heavy (non-hydrogen) atoms. The van der Waals surface area contributed by atoms with Crippen LogP contribution in [0.1, 0.15) is 110 Å². The highest BCUT2D eigenvalue weighted by atomic mass is 35.5. The average Bonchev–Trinajstić information content (AvgIpc) is 2.53. The summed E-state index contributed by atoms with van der Waals surface area (Å²) in [6.07, 6.45) is 16.9. The third-order valence-corrected chi connectivity index (χ3v) is 4.83. The van der Waals surface area contributed by atoms with Crippen molar-refractivity contribution < 1.29 is 19.8 Å². The van der Waals surface area contributed by atoms with Crippen molar-refractivity contribution in [3.05, 3.63) is 0 Å². The Balaban J connectivity index is 0. The first-order valence-corrected chi connectivity index (χ1v) is 9.99. The molecule has 5 heteroatoms. The van der Waals surface area contributed by atoms with Crippen LogP contribution in [0.5, 0.6) is 0 Å². The van der Waals surface area contributed by atoms with Gasteiger partial charge in [0.2, 0.25) is 0 Å². The topological polar surface area (TPSA) is 74.6 Å². The molecule has 0 aliphatic carbocycles. The average molecular weight is 379 g/mol. The Bertz CT molecular complexity index is 321. The third-order valence-electron chi connectivity index (χ3n) is 4.83. The maximum atomic E-state index is 10.4. The number of unbranched alkanes of at least 4 members (excludes halogenated alkanes) is 9. The Labute approximate surface area is 160 Å². The number of carbonyl (C=O) groups is 2. The van der Waals surface area contributed by atoms with E-state index >= 15 is 0 Å². The summed E-state index contributed by atoms with van der Waals surface area (Å²) < 4.78 is 0. The molecule has 0 aliphatic rings. The van der Waals surface area contributed by atoms with Crippen molar-refractivity contribution in [1.82, 2.24) is 0 Å². The molecule has 1 unspecified atom stereocenters. The quantitative estimate of drug-likeness (QED) is 0.268. The van der Waals surface area contributed by atoms with Crippen LogP contribution in [0.15, 0.2) is 0 Å². The van der Waals surface area contributed by atoms with Gasteiger partial charge in [-0.2, -0.15) is 0 Å². The minimum Gasteiger partial charge on any atom is -0.481 e. The minimum atomic E-state index is -0.678. The lowest BCUT2D eigenvalue weighted by atomic mass is 9.92. The van der Waals surface area contributed by atoms with Crippen LogP contribution in [0.25, 0.3) is 0 Å². The summed E-state index contributed by atoms with van der Waals surface area (Å²) in [5.74, 6) is -0.522. The van der Waals surface area contributed by atoms with E-state index in [0.717, 1.165) is 31.6 Å². The van der Waals surface area contributed by atoms with Gasteiger partial charge < -0.3 is 10.2 Å². The van der Waals surface area contributed by atoms with E-state index in [-0.39, 0.29) is 12.4 Å². The van der Waals surface area contributed by atoms with Gasteiger partial charge in [0.1, 0.15) is 0 Å². The lowest BCUT2D eigenvalue weighted by Crippen LogP contribution is -1.99. The molecule has 0 aromatic heterocycles. The molecule has 150 valence electrons. The van der Waals surface area contributed by atoms with E-state index in [1.54, 1.807) is 0 Å². The van der Waals surface area contributed by atoms with E-state index < -0.39 is 11.9 Å². The van der Waals surface area contributed by atoms with Gasteiger partial charge in [-0.3, -0.25) is 9.59 Å². The molecule has 1 atom stereocenters. The van der Waals surface area contributed by atoms with Gasteiger partial charge in [-0.15, -0.1) is 12.4 Å². The smallest absolute Gasteiger partial charge is 0.303 e. The van der Waals surface area contributed by atoms with E-state index in [2.05, 4.69) is 6.92 Å². The van der Waals surface area contributed by atoms with Crippen molar-refractivity contribution >= 4 is 24.3 Å². The molecule has 0 fully saturated rings. The van der Waals surface area contributed by atoms with Crippen LogP contribution in [-0.4, -0.2) is 22.2 Å². The van der Waals surface area contributed by atoms with Crippen LogP contribution in [-0.2, 0) is 9.59 Å². The van der Waals surface area contributed by atoms with Crippen LogP contribution in [0.3, 0.4) is 0 Å². The van der Waals surface area contributed by atoms with Crippen molar-refractivity contribution in [3.8, 4) is 0 Å². The van der Waals surface area contributed by atoms with Crippen LogP contribution in [0, 0.1) is 5.92 Å². The zero-order chi connectivity index (χ0) is 18.0. The molecule has 0 aromatic carbocycles. The first-order chi connectivity index (χ1) is 11.6. The molecule has 0 spiro atoms. The van der Waals surface area contributed by atoms with Crippen LogP contribution in [0.4, 0.5) is 0 Å². The van der Waals surface area contributed by atoms with Gasteiger partial charge in [-0.1, -0.05) is 84.0 Å². The fourth-order valence-electron chi connectivity index (χ4n) is 3.21. The predicted molar refractivity (Wildman–Crippen MR) is 106 cm³/mol. The van der Waals surface area contributed by atoms with Gasteiger partial charge in [-0.25, -0.2) is 0 Å². The number of aliphatic carboxylic acids is 2. The van der Waals surface area contributed by atoms with Crippen molar-refractivity contribution in [1.29, 1.82) is 0 Å². The van der Waals surface area contributed by atoms with E-state index in [1.807, 2.05) is 0 Å². The maximum absolute atomic E-state index is 10.4. The molecule has 0 saturated carbocycles. The summed E-state index contributed by atoms with van der Waals surface area (Å²) in [6.45, 7) is 2.28. The fraction of sp³-hybridized carbons (Fsp3) is 0.900. The van der Waals surface area contributed by atoms with Crippen molar-refractivity contribution in [2.24, 2.45) is 5.92 Å². The number of hydrogen-bond acceptors (Lipinski definition) is 2. The van der Waals surface area contributed by atoms with Gasteiger partial charge in [0.25, 0.3) is 0 Å². The second-order valence-electron chi connectivity index (χ2n) is 7.03. The molecule has 0 aromatic rings. The molecular formula is C20H39ClO4. The number of rotatable bonds is 18. The largest absolute Gasteiger partial charge is 0.481 e. The van der Waals surface area contributed by atoms with Gasteiger partial charge in [0, 0.05) is 12.8 Å². The first kappa shape index (κ1) is 26.5. The van der Waals surface area contributed by atoms with Gasteiger partial charge >= 0.3 is 11.9 Å². The Kier molecular flexibility index (Phi) is 20.7. The molecule has 0 radical (unpaired) electrons. The zero-order valence-corrected chi connectivity index (χ0v) is 16.8. The Hall–Kier alpha value is -0.770. The highest BCUT2D eigenvalue weighted by Gasteiger charge is 2.06. The summed E-state index contributed by atoms with van der Waals surface area (Å²) in [6, 6.07) is 0. The summed E-state index contributed by atoms with van der Waals surface area (Å²) in [5, 5.41) is 17.2. The molecule has 4 nitrogen and oxygen atoms in total. The fourth-order valence-corrected chi connectivity index (χ4v) is 3.21. The lowest BCUT2D eigenvalue weighted by molar-refractivity contribution is -0.138. The Morgan fingerprint density at radius 2 is 0.960 bits per heavy atom. The van der Waals surface area contributed by atoms with Crippen molar-refractivity contribution in [2.45, 2.75) is 110 Å². The number of halogens is 1. The standard InChI is InChI=1S/C20H38O4.ClH/c1-2-18(15-11-8-9-13-17-20(23)24)14-10-6-4-3-5-7-12-16-19(21)22;/h18H,2-17H2,1H3,(H,21,22)(H,23,24);1H. The summed E-state index contributed by atoms with van der Waals surface area (Å²) in [4.78, 5) is 20.8. The monoisotopic (exact) mass is 378 g/mol. The normalized spacial score (nSPS) is 11.7. The van der Waals surface area contributed by atoms with Crippen LogP contribution < -0.4 is 0 Å². The van der Waals surface area contributed by atoms with Gasteiger partial charge in [0.05, 0.1) is 0 Å². The molecule has 0 aliphatic heterocycles. The lowest BCUT2D eigenvalue weighted by Gasteiger charge is -2.14. The highest BCUT2D eigenvalue weighted by molar-refractivity contribution is 5.85. The SMILES string of the molecule is CCC(CCCCCCCCCC(=O)O)CCCCCCC(=O)O.Cl. The molecule has 0 amide bonds. The number of carboxylic acids is 2. The maximum Gasteiger partial charge on any atom is 0.303 e. The predicted octanol–water partition coefficient (Wildman–Crippen LogP) is 6.46. The molecule has 0 bridgehead atoms. The van der Waals surface area contributed by atoms with E-state index in [1.165, 1.54) is 64.2 Å². The summed E-state index contributed by atoms with van der Waals surface area (Å²) >= 11 is 0.